The van der Waals surface area contributed by atoms with Crippen molar-refractivity contribution >= 4 is 61.7 Å². The van der Waals surface area contributed by atoms with E-state index in [0.717, 1.165) is 20.8 Å². The van der Waals surface area contributed by atoms with E-state index in [-0.39, 0.29) is 25.0 Å². The van der Waals surface area contributed by atoms with Crippen molar-refractivity contribution in [3.05, 3.63) is 111 Å². The molecular formula is C30H27BrCl2N2O3. The molecule has 0 aromatic heterocycles. The van der Waals surface area contributed by atoms with Crippen LogP contribution in [0.1, 0.15) is 18.1 Å². The first kappa shape index (κ1) is 28.0. The highest BCUT2D eigenvalue weighted by Gasteiger charge is 2.31. The van der Waals surface area contributed by atoms with Crippen LogP contribution in [0.25, 0.3) is 10.8 Å². The molecule has 0 aliphatic carbocycles. The van der Waals surface area contributed by atoms with Gasteiger partial charge < -0.3 is 15.0 Å². The summed E-state index contributed by atoms with van der Waals surface area (Å²) in [6.07, 6.45) is 0.337. The van der Waals surface area contributed by atoms with E-state index in [1.165, 1.54) is 4.90 Å². The molecule has 0 bridgehead atoms. The summed E-state index contributed by atoms with van der Waals surface area (Å²) in [6, 6.07) is 25.6. The lowest BCUT2D eigenvalue weighted by Crippen LogP contribution is -2.51. The van der Waals surface area contributed by atoms with Gasteiger partial charge in [-0.05, 0) is 63.0 Å². The van der Waals surface area contributed by atoms with E-state index in [9.17, 15) is 9.59 Å². The second kappa shape index (κ2) is 13.1. The Morgan fingerprint density at radius 3 is 2.45 bits per heavy atom. The number of rotatable bonds is 10. The molecule has 38 heavy (non-hydrogen) atoms. The summed E-state index contributed by atoms with van der Waals surface area (Å²) in [5, 5.41) is 5.82. The highest BCUT2D eigenvalue weighted by Crippen LogP contribution is 2.33. The minimum atomic E-state index is -0.778. The van der Waals surface area contributed by atoms with Gasteiger partial charge in [-0.2, -0.15) is 0 Å². The van der Waals surface area contributed by atoms with Crippen molar-refractivity contribution in [2.45, 2.75) is 25.9 Å². The second-order valence-corrected chi connectivity index (χ2v) is 10.4. The molecule has 1 N–H and O–H groups in total. The molecule has 4 rings (SSSR count). The number of hydrogen-bond donors (Lipinski definition) is 1. The third-order valence-electron chi connectivity index (χ3n) is 6.16. The molecule has 0 saturated heterocycles. The predicted molar refractivity (Wildman–Crippen MR) is 157 cm³/mol. The van der Waals surface area contributed by atoms with Gasteiger partial charge in [-0.3, -0.25) is 9.59 Å². The Kier molecular flexibility index (Phi) is 9.67. The number of hydrogen-bond acceptors (Lipinski definition) is 3. The summed E-state index contributed by atoms with van der Waals surface area (Å²) in [7, 11) is 0. The summed E-state index contributed by atoms with van der Waals surface area (Å²) in [6.45, 7) is 2.15. The lowest BCUT2D eigenvalue weighted by atomic mass is 10.0. The van der Waals surface area contributed by atoms with Gasteiger partial charge in [0.05, 0.1) is 4.47 Å². The van der Waals surface area contributed by atoms with Crippen molar-refractivity contribution in [1.29, 1.82) is 0 Å². The van der Waals surface area contributed by atoms with Gasteiger partial charge in [0.1, 0.15) is 11.8 Å². The number of carbonyl (C=O) groups is 2. The number of nitrogens with zero attached hydrogens (tertiary/aromatic N) is 1. The molecule has 0 spiro atoms. The number of carbonyl (C=O) groups excluding carboxylic acids is 2. The van der Waals surface area contributed by atoms with Crippen LogP contribution in [0.15, 0.2) is 89.4 Å². The van der Waals surface area contributed by atoms with Gasteiger partial charge in [0.25, 0.3) is 5.91 Å². The van der Waals surface area contributed by atoms with Crippen molar-refractivity contribution in [2.75, 3.05) is 13.2 Å². The van der Waals surface area contributed by atoms with E-state index in [2.05, 4.69) is 21.2 Å². The number of likely N-dealkylation sites (N-methyl/N-ethyl adjacent to an activating group) is 1. The highest BCUT2D eigenvalue weighted by molar-refractivity contribution is 9.10. The number of benzene rings is 4. The predicted octanol–water partition coefficient (Wildman–Crippen LogP) is 7.06. The van der Waals surface area contributed by atoms with Gasteiger partial charge in [-0.1, -0.05) is 89.9 Å². The fourth-order valence-electron chi connectivity index (χ4n) is 4.23. The maximum absolute atomic E-state index is 13.8. The highest BCUT2D eigenvalue weighted by atomic mass is 79.9. The molecule has 4 aromatic rings. The van der Waals surface area contributed by atoms with Crippen molar-refractivity contribution in [1.82, 2.24) is 10.2 Å². The molecule has 0 fully saturated rings. The Balaban J connectivity index is 1.65. The lowest BCUT2D eigenvalue weighted by Gasteiger charge is -2.31. The normalized spacial score (nSPS) is 11.7. The molecular weight excluding hydrogens is 587 g/mol. The quantitative estimate of drug-likeness (QED) is 0.208. The lowest BCUT2D eigenvalue weighted by molar-refractivity contribution is -0.142. The van der Waals surface area contributed by atoms with Crippen LogP contribution in [0, 0.1) is 0 Å². The molecule has 0 aliphatic rings. The maximum Gasteiger partial charge on any atom is 0.261 e. The third-order valence-corrected chi connectivity index (χ3v) is 7.56. The Labute approximate surface area is 240 Å². The van der Waals surface area contributed by atoms with Gasteiger partial charge in [-0.25, -0.2) is 0 Å². The zero-order chi connectivity index (χ0) is 27.1. The zero-order valence-corrected chi connectivity index (χ0v) is 23.9. The van der Waals surface area contributed by atoms with Crippen LogP contribution in [-0.2, 0) is 22.6 Å². The fraction of sp³-hybridized carbons (Fsp3) is 0.200. The van der Waals surface area contributed by atoms with Crippen LogP contribution >= 0.6 is 39.1 Å². The Bertz CT molecular complexity index is 1430. The molecule has 2 amide bonds. The van der Waals surface area contributed by atoms with Crippen LogP contribution in [-0.4, -0.2) is 35.9 Å². The fourth-order valence-corrected chi connectivity index (χ4v) is 5.30. The first-order chi connectivity index (χ1) is 18.4. The monoisotopic (exact) mass is 612 g/mol. The van der Waals surface area contributed by atoms with Gasteiger partial charge in [0.2, 0.25) is 5.91 Å². The molecule has 1 atom stereocenters. The number of ether oxygens (including phenoxy) is 1. The Morgan fingerprint density at radius 2 is 1.71 bits per heavy atom. The van der Waals surface area contributed by atoms with Gasteiger partial charge in [0.15, 0.2) is 6.61 Å². The average molecular weight is 614 g/mol. The molecule has 0 unspecified atom stereocenters. The summed E-state index contributed by atoms with van der Waals surface area (Å²) in [5.74, 6) is -0.0518. The second-order valence-electron chi connectivity index (χ2n) is 8.74. The van der Waals surface area contributed by atoms with E-state index in [0.29, 0.717) is 34.3 Å². The summed E-state index contributed by atoms with van der Waals surface area (Å²) < 4.78 is 6.76. The van der Waals surface area contributed by atoms with E-state index < -0.39 is 6.04 Å². The van der Waals surface area contributed by atoms with Crippen LogP contribution in [0.4, 0.5) is 0 Å². The zero-order valence-electron chi connectivity index (χ0n) is 20.8. The number of nitrogens with one attached hydrogen (secondary N) is 1. The molecule has 0 heterocycles. The molecule has 0 aliphatic heterocycles. The van der Waals surface area contributed by atoms with Crippen molar-refractivity contribution in [3.63, 3.8) is 0 Å². The van der Waals surface area contributed by atoms with Crippen molar-refractivity contribution in [3.8, 4) is 5.75 Å². The van der Waals surface area contributed by atoms with E-state index in [1.807, 2.05) is 73.7 Å². The smallest absolute Gasteiger partial charge is 0.261 e. The molecule has 5 nitrogen and oxygen atoms in total. The van der Waals surface area contributed by atoms with Crippen LogP contribution in [0.3, 0.4) is 0 Å². The van der Waals surface area contributed by atoms with Crippen LogP contribution in [0.5, 0.6) is 5.75 Å². The molecule has 0 saturated carbocycles. The topological polar surface area (TPSA) is 58.6 Å². The van der Waals surface area contributed by atoms with E-state index in [1.54, 1.807) is 18.2 Å². The minimum Gasteiger partial charge on any atom is -0.483 e. The summed E-state index contributed by atoms with van der Waals surface area (Å²) >= 11 is 16.2. The molecule has 4 aromatic carbocycles. The Hall–Kier alpha value is -3.06. The molecule has 0 radical (unpaired) electrons. The summed E-state index contributed by atoms with van der Waals surface area (Å²) in [5.41, 5.74) is 1.61. The maximum atomic E-state index is 13.8. The van der Waals surface area contributed by atoms with Gasteiger partial charge in [-0.15, -0.1) is 0 Å². The average Bonchev–Trinajstić information content (AvgIpc) is 2.92. The molecule has 196 valence electrons. The standard InChI is InChI=1S/C30H27BrCl2N2O3/c1-2-34-30(37)26(16-20-8-4-3-5-9-20)35(18-22-12-14-23(32)17-25(22)33)28(36)19-38-27-15-13-21-10-6-7-11-24(21)29(27)31/h3-15,17,26H,2,16,18-19H2,1H3,(H,34,37)/t26-/m1/s1. The number of halogens is 3. The van der Waals surface area contributed by atoms with Gasteiger partial charge in [0, 0.05) is 29.6 Å². The number of amides is 2. The largest absolute Gasteiger partial charge is 0.483 e. The van der Waals surface area contributed by atoms with Crippen molar-refractivity contribution < 1.29 is 14.3 Å². The Morgan fingerprint density at radius 1 is 0.974 bits per heavy atom. The first-order valence-corrected chi connectivity index (χ1v) is 13.8. The van der Waals surface area contributed by atoms with Crippen LogP contribution in [0.2, 0.25) is 10.0 Å². The minimum absolute atomic E-state index is 0.117. The van der Waals surface area contributed by atoms with E-state index >= 15 is 0 Å². The molecule has 8 heteroatoms. The SMILES string of the molecule is CCNC(=O)[C@@H](Cc1ccccc1)N(Cc1ccc(Cl)cc1Cl)C(=O)COc1ccc2ccccc2c1Br. The van der Waals surface area contributed by atoms with Crippen molar-refractivity contribution in [2.24, 2.45) is 0 Å². The van der Waals surface area contributed by atoms with Gasteiger partial charge >= 0.3 is 0 Å². The van der Waals surface area contributed by atoms with Crippen LogP contribution < -0.4 is 10.1 Å². The first-order valence-electron chi connectivity index (χ1n) is 12.2. The third kappa shape index (κ3) is 6.87. The van der Waals surface area contributed by atoms with E-state index in [4.69, 9.17) is 27.9 Å². The summed E-state index contributed by atoms with van der Waals surface area (Å²) in [4.78, 5) is 28.6. The number of fused-ring (bicyclic) bond motifs is 1.